The van der Waals surface area contributed by atoms with Crippen molar-refractivity contribution in [2.45, 2.75) is 13.8 Å². The summed E-state index contributed by atoms with van der Waals surface area (Å²) in [6.45, 7) is 3.91. The predicted octanol–water partition coefficient (Wildman–Crippen LogP) is 4.74. The maximum atomic E-state index is 12.4. The van der Waals surface area contributed by atoms with E-state index in [-0.39, 0.29) is 11.6 Å². The predicted molar refractivity (Wildman–Crippen MR) is 101 cm³/mol. The normalized spacial score (nSPS) is 10.4. The van der Waals surface area contributed by atoms with E-state index in [9.17, 15) is 4.79 Å². The molecule has 126 valence electrons. The maximum absolute atomic E-state index is 12.4. The lowest BCUT2D eigenvalue weighted by Crippen LogP contribution is -2.14. The van der Waals surface area contributed by atoms with Crippen molar-refractivity contribution in [3.63, 3.8) is 0 Å². The van der Waals surface area contributed by atoms with Crippen LogP contribution in [0.2, 0.25) is 5.02 Å². The van der Waals surface area contributed by atoms with Crippen molar-refractivity contribution < 1.29 is 4.79 Å². The van der Waals surface area contributed by atoms with Gasteiger partial charge in [0.1, 0.15) is 5.69 Å². The molecular formula is C19H17ClN4O. The maximum Gasteiger partial charge on any atom is 0.274 e. The molecule has 1 heterocycles. The highest BCUT2D eigenvalue weighted by Crippen LogP contribution is 2.20. The van der Waals surface area contributed by atoms with Gasteiger partial charge in [0.05, 0.1) is 0 Å². The number of nitrogens with zero attached hydrogens (tertiary/aromatic N) is 2. The zero-order chi connectivity index (χ0) is 17.8. The highest BCUT2D eigenvalue weighted by molar-refractivity contribution is 6.31. The number of carbonyl (C=O) groups excluding carboxylic acids is 1. The number of rotatable bonds is 4. The highest BCUT2D eigenvalue weighted by Gasteiger charge is 2.10. The number of amides is 1. The molecule has 0 aliphatic carbocycles. The SMILES string of the molecule is Cc1cccc(Nc2nccc(C(=O)Nc3ccc(C)c(Cl)c3)n2)c1. The van der Waals surface area contributed by atoms with Gasteiger partial charge in [-0.15, -0.1) is 0 Å². The van der Waals surface area contributed by atoms with Crippen LogP contribution in [0.15, 0.2) is 54.7 Å². The van der Waals surface area contributed by atoms with Gasteiger partial charge < -0.3 is 10.6 Å². The van der Waals surface area contributed by atoms with Gasteiger partial charge >= 0.3 is 0 Å². The van der Waals surface area contributed by atoms with E-state index in [1.54, 1.807) is 24.4 Å². The molecule has 0 aliphatic rings. The number of anilines is 3. The molecule has 2 aromatic carbocycles. The van der Waals surface area contributed by atoms with E-state index in [4.69, 9.17) is 11.6 Å². The van der Waals surface area contributed by atoms with Crippen LogP contribution in [0.4, 0.5) is 17.3 Å². The fraction of sp³-hybridized carbons (Fsp3) is 0.105. The third-order valence-corrected chi connectivity index (χ3v) is 4.00. The lowest BCUT2D eigenvalue weighted by molar-refractivity contribution is 0.102. The Balaban J connectivity index is 1.76. The molecule has 25 heavy (non-hydrogen) atoms. The van der Waals surface area contributed by atoms with Crippen LogP contribution in [0, 0.1) is 13.8 Å². The molecule has 0 radical (unpaired) electrons. The Morgan fingerprint density at radius 1 is 1.04 bits per heavy atom. The first-order chi connectivity index (χ1) is 12.0. The first-order valence-corrected chi connectivity index (χ1v) is 8.13. The number of aryl methyl sites for hydroxylation is 2. The van der Waals surface area contributed by atoms with Crippen molar-refractivity contribution in [2.75, 3.05) is 10.6 Å². The molecule has 0 saturated heterocycles. The average Bonchev–Trinajstić information content (AvgIpc) is 2.58. The molecule has 5 nitrogen and oxygen atoms in total. The number of halogens is 1. The molecule has 1 aromatic heterocycles. The summed E-state index contributed by atoms with van der Waals surface area (Å²) in [7, 11) is 0. The second kappa shape index (κ2) is 7.32. The Labute approximate surface area is 151 Å². The van der Waals surface area contributed by atoms with Crippen LogP contribution in [-0.2, 0) is 0 Å². The summed E-state index contributed by atoms with van der Waals surface area (Å²) in [6, 6.07) is 14.8. The van der Waals surface area contributed by atoms with E-state index in [1.165, 1.54) is 0 Å². The number of hydrogen-bond acceptors (Lipinski definition) is 4. The van der Waals surface area contributed by atoms with Crippen LogP contribution in [-0.4, -0.2) is 15.9 Å². The Kier molecular flexibility index (Phi) is 4.95. The van der Waals surface area contributed by atoms with Crippen molar-refractivity contribution in [3.8, 4) is 0 Å². The molecule has 3 aromatic rings. The Hall–Kier alpha value is -2.92. The van der Waals surface area contributed by atoms with Crippen molar-refractivity contribution in [1.29, 1.82) is 0 Å². The summed E-state index contributed by atoms with van der Waals surface area (Å²) in [5.74, 6) is 0.0369. The molecule has 0 spiro atoms. The standard InChI is InChI=1S/C19H17ClN4O/c1-12-4-3-5-14(10-12)23-19-21-9-8-17(24-19)18(25)22-15-7-6-13(2)16(20)11-15/h3-11H,1-2H3,(H,22,25)(H,21,23,24). The van der Waals surface area contributed by atoms with Gasteiger partial charge in [-0.1, -0.05) is 29.8 Å². The fourth-order valence-corrected chi connectivity index (χ4v) is 2.44. The topological polar surface area (TPSA) is 66.9 Å². The lowest BCUT2D eigenvalue weighted by Gasteiger charge is -2.08. The molecular weight excluding hydrogens is 336 g/mol. The molecule has 0 aliphatic heterocycles. The summed E-state index contributed by atoms with van der Waals surface area (Å²) in [5.41, 5.74) is 3.82. The van der Waals surface area contributed by atoms with E-state index in [2.05, 4.69) is 20.6 Å². The minimum atomic E-state index is -0.324. The molecule has 6 heteroatoms. The molecule has 0 unspecified atom stereocenters. The van der Waals surface area contributed by atoms with Gasteiger partial charge in [0.25, 0.3) is 5.91 Å². The van der Waals surface area contributed by atoms with Crippen LogP contribution >= 0.6 is 11.6 Å². The van der Waals surface area contributed by atoms with E-state index in [1.807, 2.05) is 44.2 Å². The Bertz CT molecular complexity index is 927. The lowest BCUT2D eigenvalue weighted by atomic mass is 10.2. The zero-order valence-corrected chi connectivity index (χ0v) is 14.6. The summed E-state index contributed by atoms with van der Waals surface area (Å²) >= 11 is 6.08. The minimum absolute atomic E-state index is 0.266. The Morgan fingerprint density at radius 3 is 2.64 bits per heavy atom. The van der Waals surface area contributed by atoms with E-state index in [0.29, 0.717) is 16.7 Å². The largest absolute Gasteiger partial charge is 0.324 e. The van der Waals surface area contributed by atoms with Crippen LogP contribution < -0.4 is 10.6 Å². The van der Waals surface area contributed by atoms with Crippen LogP contribution in [0.25, 0.3) is 0 Å². The second-order valence-electron chi connectivity index (χ2n) is 5.68. The minimum Gasteiger partial charge on any atom is -0.324 e. The first kappa shape index (κ1) is 16.9. The van der Waals surface area contributed by atoms with Gasteiger partial charge in [-0.25, -0.2) is 9.97 Å². The molecule has 1 amide bonds. The summed E-state index contributed by atoms with van der Waals surface area (Å²) in [6.07, 6.45) is 1.54. The summed E-state index contributed by atoms with van der Waals surface area (Å²) in [5, 5.41) is 6.48. The summed E-state index contributed by atoms with van der Waals surface area (Å²) < 4.78 is 0. The van der Waals surface area contributed by atoms with Gasteiger partial charge in [0, 0.05) is 22.6 Å². The molecule has 0 bridgehead atoms. The van der Waals surface area contributed by atoms with Gasteiger partial charge in [-0.3, -0.25) is 4.79 Å². The van der Waals surface area contributed by atoms with Crippen LogP contribution in [0.3, 0.4) is 0 Å². The molecule has 2 N–H and O–H groups in total. The van der Waals surface area contributed by atoms with Crippen molar-refractivity contribution in [3.05, 3.63) is 76.6 Å². The third-order valence-electron chi connectivity index (χ3n) is 3.59. The van der Waals surface area contributed by atoms with Gasteiger partial charge in [0.2, 0.25) is 5.95 Å². The number of benzene rings is 2. The molecule has 0 saturated carbocycles. The fourth-order valence-electron chi connectivity index (χ4n) is 2.26. The smallest absolute Gasteiger partial charge is 0.274 e. The van der Waals surface area contributed by atoms with Crippen molar-refractivity contribution in [1.82, 2.24) is 9.97 Å². The third kappa shape index (κ3) is 4.33. The molecule has 0 atom stereocenters. The number of hydrogen-bond donors (Lipinski definition) is 2. The second-order valence-corrected chi connectivity index (χ2v) is 6.09. The van der Waals surface area contributed by atoms with Crippen LogP contribution in [0.5, 0.6) is 0 Å². The number of carbonyl (C=O) groups is 1. The average molecular weight is 353 g/mol. The molecule has 3 rings (SSSR count). The summed E-state index contributed by atoms with van der Waals surface area (Å²) in [4.78, 5) is 20.8. The van der Waals surface area contributed by atoms with Gasteiger partial charge in [-0.05, 0) is 55.3 Å². The highest BCUT2D eigenvalue weighted by atomic mass is 35.5. The van der Waals surface area contributed by atoms with E-state index < -0.39 is 0 Å². The monoisotopic (exact) mass is 352 g/mol. The first-order valence-electron chi connectivity index (χ1n) is 7.75. The number of nitrogens with one attached hydrogen (secondary N) is 2. The quantitative estimate of drug-likeness (QED) is 0.711. The zero-order valence-electron chi connectivity index (χ0n) is 13.9. The van der Waals surface area contributed by atoms with E-state index in [0.717, 1.165) is 16.8 Å². The van der Waals surface area contributed by atoms with E-state index >= 15 is 0 Å². The number of aromatic nitrogens is 2. The molecule has 0 fully saturated rings. The van der Waals surface area contributed by atoms with Gasteiger partial charge in [-0.2, -0.15) is 0 Å². The van der Waals surface area contributed by atoms with Crippen molar-refractivity contribution >= 4 is 34.8 Å². The van der Waals surface area contributed by atoms with Crippen molar-refractivity contribution in [2.24, 2.45) is 0 Å². The Morgan fingerprint density at radius 2 is 1.88 bits per heavy atom. The van der Waals surface area contributed by atoms with Crippen LogP contribution in [0.1, 0.15) is 21.6 Å². The van der Waals surface area contributed by atoms with Gasteiger partial charge in [0.15, 0.2) is 0 Å².